The molecule has 0 spiro atoms. The maximum absolute atomic E-state index is 11.5. The summed E-state index contributed by atoms with van der Waals surface area (Å²) in [6.45, 7) is 5.85. The van der Waals surface area contributed by atoms with E-state index in [-0.39, 0.29) is 12.1 Å². The molecule has 2 atom stereocenters. The zero-order valence-electron chi connectivity index (χ0n) is 8.12. The first-order valence-electron chi connectivity index (χ1n) is 4.55. The second-order valence-corrected chi connectivity index (χ2v) is 3.95. The van der Waals surface area contributed by atoms with E-state index in [9.17, 15) is 4.79 Å². The minimum absolute atomic E-state index is 0.236. The van der Waals surface area contributed by atoms with Gasteiger partial charge in [0.05, 0.1) is 0 Å². The van der Waals surface area contributed by atoms with Crippen LogP contribution in [0.4, 0.5) is 0 Å². The summed E-state index contributed by atoms with van der Waals surface area (Å²) in [7, 11) is 0. The number of fused-ring (bicyclic) bond motifs is 1. The van der Waals surface area contributed by atoms with Crippen molar-refractivity contribution in [3.8, 4) is 0 Å². The van der Waals surface area contributed by atoms with Crippen molar-refractivity contribution in [1.82, 2.24) is 0 Å². The number of hydrogen-bond donors (Lipinski definition) is 0. The fourth-order valence-electron chi connectivity index (χ4n) is 2.03. The van der Waals surface area contributed by atoms with E-state index < -0.39 is 11.4 Å². The molecule has 2 fully saturated rings. The SMILES string of the molecule is CC[C@@]12OC(C)(C)O[C@@H]1COC2=O. The molecule has 0 aromatic carbocycles. The molecule has 0 unspecified atom stereocenters. The normalized spacial score (nSPS) is 41.8. The second-order valence-electron chi connectivity index (χ2n) is 3.95. The molecule has 2 saturated heterocycles. The van der Waals surface area contributed by atoms with Gasteiger partial charge in [-0.05, 0) is 20.3 Å². The Morgan fingerprint density at radius 3 is 2.77 bits per heavy atom. The van der Waals surface area contributed by atoms with Crippen LogP contribution in [0.15, 0.2) is 0 Å². The van der Waals surface area contributed by atoms with Gasteiger partial charge in [0, 0.05) is 0 Å². The third-order valence-electron chi connectivity index (χ3n) is 2.61. The third-order valence-corrected chi connectivity index (χ3v) is 2.61. The fraction of sp³-hybridized carbons (Fsp3) is 0.889. The van der Waals surface area contributed by atoms with Crippen molar-refractivity contribution in [2.45, 2.75) is 44.7 Å². The van der Waals surface area contributed by atoms with E-state index in [1.807, 2.05) is 20.8 Å². The van der Waals surface area contributed by atoms with Crippen LogP contribution < -0.4 is 0 Å². The topological polar surface area (TPSA) is 44.8 Å². The summed E-state index contributed by atoms with van der Waals surface area (Å²) in [6, 6.07) is 0. The second kappa shape index (κ2) is 2.45. The molecule has 2 aliphatic heterocycles. The highest BCUT2D eigenvalue weighted by atomic mass is 16.8. The van der Waals surface area contributed by atoms with Crippen LogP contribution in [0.5, 0.6) is 0 Å². The summed E-state index contributed by atoms with van der Waals surface area (Å²) in [5.74, 6) is -0.953. The number of carbonyl (C=O) groups excluding carboxylic acids is 1. The van der Waals surface area contributed by atoms with Crippen molar-refractivity contribution in [3.05, 3.63) is 0 Å². The van der Waals surface area contributed by atoms with E-state index >= 15 is 0 Å². The fourth-order valence-corrected chi connectivity index (χ4v) is 2.03. The molecule has 2 rings (SSSR count). The van der Waals surface area contributed by atoms with Gasteiger partial charge in [0.1, 0.15) is 12.7 Å². The maximum Gasteiger partial charge on any atom is 0.341 e. The smallest absolute Gasteiger partial charge is 0.341 e. The van der Waals surface area contributed by atoms with Crippen LogP contribution in [-0.2, 0) is 19.0 Å². The number of rotatable bonds is 1. The molecular formula is C9H14O4. The molecule has 0 saturated carbocycles. The minimum Gasteiger partial charge on any atom is -0.461 e. The number of hydrogen-bond acceptors (Lipinski definition) is 4. The highest BCUT2D eigenvalue weighted by Crippen LogP contribution is 2.42. The Kier molecular flexibility index (Phi) is 1.69. The van der Waals surface area contributed by atoms with Gasteiger partial charge in [-0.15, -0.1) is 0 Å². The van der Waals surface area contributed by atoms with Crippen LogP contribution in [0.25, 0.3) is 0 Å². The van der Waals surface area contributed by atoms with Gasteiger partial charge < -0.3 is 14.2 Å². The first kappa shape index (κ1) is 8.97. The Bertz CT molecular complexity index is 248. The van der Waals surface area contributed by atoms with Crippen LogP contribution in [0.1, 0.15) is 27.2 Å². The molecule has 4 heteroatoms. The molecule has 74 valence electrons. The van der Waals surface area contributed by atoms with Gasteiger partial charge in [-0.1, -0.05) is 6.92 Å². The van der Waals surface area contributed by atoms with Gasteiger partial charge in [0.2, 0.25) is 0 Å². The third kappa shape index (κ3) is 1.09. The lowest BCUT2D eigenvalue weighted by atomic mass is 9.97. The molecule has 2 heterocycles. The van der Waals surface area contributed by atoms with Crippen molar-refractivity contribution >= 4 is 5.97 Å². The van der Waals surface area contributed by atoms with Crippen molar-refractivity contribution in [1.29, 1.82) is 0 Å². The van der Waals surface area contributed by atoms with Gasteiger partial charge in [-0.2, -0.15) is 0 Å². The average Bonchev–Trinajstić information content (AvgIpc) is 2.46. The number of ether oxygens (including phenoxy) is 3. The first-order chi connectivity index (χ1) is 6.00. The lowest BCUT2D eigenvalue weighted by molar-refractivity contribution is -0.193. The summed E-state index contributed by atoms with van der Waals surface area (Å²) in [5, 5.41) is 0. The molecule has 0 aromatic rings. The van der Waals surface area contributed by atoms with Crippen LogP contribution in [-0.4, -0.2) is 30.1 Å². The first-order valence-corrected chi connectivity index (χ1v) is 4.55. The van der Waals surface area contributed by atoms with E-state index in [1.54, 1.807) is 0 Å². The average molecular weight is 186 g/mol. The van der Waals surface area contributed by atoms with Crippen LogP contribution >= 0.6 is 0 Å². The highest BCUT2D eigenvalue weighted by Gasteiger charge is 2.62. The van der Waals surface area contributed by atoms with Gasteiger partial charge in [-0.3, -0.25) is 0 Å². The molecule has 2 aliphatic rings. The molecule has 0 aliphatic carbocycles. The predicted molar refractivity (Wildman–Crippen MR) is 44.0 cm³/mol. The summed E-state index contributed by atoms with van der Waals surface area (Å²) in [5.41, 5.74) is -0.844. The summed E-state index contributed by atoms with van der Waals surface area (Å²) < 4.78 is 16.1. The van der Waals surface area contributed by atoms with Gasteiger partial charge in [-0.25, -0.2) is 4.79 Å². The molecule has 0 radical (unpaired) electrons. The molecule has 0 amide bonds. The number of carbonyl (C=O) groups is 1. The van der Waals surface area contributed by atoms with Crippen LogP contribution in [0, 0.1) is 0 Å². The Morgan fingerprint density at radius 1 is 1.54 bits per heavy atom. The van der Waals surface area contributed by atoms with E-state index in [1.165, 1.54) is 0 Å². The van der Waals surface area contributed by atoms with Gasteiger partial charge in [0.15, 0.2) is 11.4 Å². The maximum atomic E-state index is 11.5. The zero-order chi connectivity index (χ0) is 9.69. The Balaban J connectivity index is 2.32. The largest absolute Gasteiger partial charge is 0.461 e. The Labute approximate surface area is 77.1 Å². The van der Waals surface area contributed by atoms with E-state index in [0.29, 0.717) is 13.0 Å². The molecule has 13 heavy (non-hydrogen) atoms. The van der Waals surface area contributed by atoms with E-state index in [2.05, 4.69) is 0 Å². The van der Waals surface area contributed by atoms with E-state index in [4.69, 9.17) is 14.2 Å². The lowest BCUT2D eigenvalue weighted by Crippen LogP contribution is -2.42. The van der Waals surface area contributed by atoms with Crippen LogP contribution in [0.2, 0.25) is 0 Å². The van der Waals surface area contributed by atoms with Crippen molar-refractivity contribution in [2.24, 2.45) is 0 Å². The summed E-state index contributed by atoms with van der Waals surface area (Å²) in [4.78, 5) is 11.5. The zero-order valence-corrected chi connectivity index (χ0v) is 8.12. The summed E-state index contributed by atoms with van der Waals surface area (Å²) >= 11 is 0. The molecule has 0 N–H and O–H groups in total. The minimum atomic E-state index is -0.844. The van der Waals surface area contributed by atoms with Crippen molar-refractivity contribution < 1.29 is 19.0 Å². The monoisotopic (exact) mass is 186 g/mol. The van der Waals surface area contributed by atoms with Crippen molar-refractivity contribution in [3.63, 3.8) is 0 Å². The predicted octanol–water partition coefficient (Wildman–Crippen LogP) is 0.843. The molecule has 4 nitrogen and oxygen atoms in total. The van der Waals surface area contributed by atoms with Crippen molar-refractivity contribution in [2.75, 3.05) is 6.61 Å². The Hall–Kier alpha value is -0.610. The molecular weight excluding hydrogens is 172 g/mol. The molecule has 0 bridgehead atoms. The van der Waals surface area contributed by atoms with Gasteiger partial charge in [0.25, 0.3) is 0 Å². The number of cyclic esters (lactones) is 1. The Morgan fingerprint density at radius 2 is 2.23 bits per heavy atom. The molecule has 0 aromatic heterocycles. The van der Waals surface area contributed by atoms with Crippen LogP contribution in [0.3, 0.4) is 0 Å². The van der Waals surface area contributed by atoms with Gasteiger partial charge >= 0.3 is 5.97 Å². The standard InChI is InChI=1S/C9H14O4/c1-4-9-6(5-11-7(9)10)12-8(2,3)13-9/h6H,4-5H2,1-3H3/t6-,9-/m1/s1. The summed E-state index contributed by atoms with van der Waals surface area (Å²) in [6.07, 6.45) is 0.361. The van der Waals surface area contributed by atoms with E-state index in [0.717, 1.165) is 0 Å². The lowest BCUT2D eigenvalue weighted by Gasteiger charge is -2.22. The number of esters is 1. The highest BCUT2D eigenvalue weighted by molar-refractivity contribution is 5.83. The quantitative estimate of drug-likeness (QED) is 0.569.